The highest BCUT2D eigenvalue weighted by Crippen LogP contribution is 2.27. The van der Waals surface area contributed by atoms with E-state index in [0.29, 0.717) is 22.1 Å². The summed E-state index contributed by atoms with van der Waals surface area (Å²) in [5.74, 6) is 1.21. The van der Waals surface area contributed by atoms with Crippen LogP contribution in [-0.2, 0) is 0 Å². The van der Waals surface area contributed by atoms with Crippen LogP contribution in [0.25, 0.3) is 0 Å². The lowest BCUT2D eigenvalue weighted by atomic mass is 10.2. The second-order valence-corrected chi connectivity index (χ2v) is 5.21. The van der Waals surface area contributed by atoms with Gasteiger partial charge < -0.3 is 10.5 Å². The molecule has 0 amide bonds. The molecule has 2 aromatic rings. The topological polar surface area (TPSA) is 48.1 Å². The zero-order chi connectivity index (χ0) is 13.1. The van der Waals surface area contributed by atoms with E-state index >= 15 is 0 Å². The van der Waals surface area contributed by atoms with Gasteiger partial charge in [0.25, 0.3) is 0 Å². The van der Waals surface area contributed by atoms with Crippen LogP contribution in [0.1, 0.15) is 5.56 Å². The quantitative estimate of drug-likeness (QED) is 0.858. The van der Waals surface area contributed by atoms with Crippen molar-refractivity contribution in [2.24, 2.45) is 5.73 Å². The van der Waals surface area contributed by atoms with E-state index in [0.717, 1.165) is 4.47 Å². The molecule has 3 nitrogen and oxygen atoms in total. The minimum Gasteiger partial charge on any atom is -0.456 e. The molecule has 1 aromatic heterocycles. The molecule has 0 fully saturated rings. The molecule has 0 spiro atoms. The number of hydrogen-bond acceptors (Lipinski definition) is 3. The summed E-state index contributed by atoms with van der Waals surface area (Å²) in [4.78, 5) is 4.26. The van der Waals surface area contributed by atoms with Crippen molar-refractivity contribution in [1.29, 1.82) is 0 Å². The van der Waals surface area contributed by atoms with Crippen molar-refractivity contribution in [1.82, 2.24) is 4.98 Å². The predicted molar refractivity (Wildman–Crippen MR) is 79.4 cm³/mol. The number of nitrogens with two attached hydrogens (primary N) is 1. The maximum Gasteiger partial charge on any atom is 0.146 e. The Morgan fingerprint density at radius 1 is 1.28 bits per heavy atom. The third-order valence-electron chi connectivity index (χ3n) is 2.12. The molecule has 0 aliphatic heterocycles. The molecule has 2 N–H and O–H groups in total. The first-order valence-electron chi connectivity index (χ1n) is 4.94. The SMILES string of the molecule is NC(=S)c1ccc(Oc2cncc(Br)c2)cc1Cl. The van der Waals surface area contributed by atoms with Crippen molar-refractivity contribution < 1.29 is 4.74 Å². The van der Waals surface area contributed by atoms with Crippen LogP contribution in [0.3, 0.4) is 0 Å². The number of aromatic nitrogens is 1. The van der Waals surface area contributed by atoms with Gasteiger partial charge in [-0.25, -0.2) is 0 Å². The highest BCUT2D eigenvalue weighted by molar-refractivity contribution is 9.10. The third kappa shape index (κ3) is 3.19. The highest BCUT2D eigenvalue weighted by atomic mass is 79.9. The Kier molecular flexibility index (Phi) is 4.16. The summed E-state index contributed by atoms with van der Waals surface area (Å²) in [6.45, 7) is 0. The molecule has 0 atom stereocenters. The van der Waals surface area contributed by atoms with E-state index in [-0.39, 0.29) is 4.99 Å². The van der Waals surface area contributed by atoms with E-state index in [1.54, 1.807) is 30.6 Å². The zero-order valence-electron chi connectivity index (χ0n) is 9.06. The molecule has 1 heterocycles. The molecule has 6 heteroatoms. The van der Waals surface area contributed by atoms with Crippen molar-refractivity contribution in [2.45, 2.75) is 0 Å². The van der Waals surface area contributed by atoms with E-state index in [1.165, 1.54) is 0 Å². The number of ether oxygens (including phenoxy) is 1. The monoisotopic (exact) mass is 342 g/mol. The van der Waals surface area contributed by atoms with Crippen LogP contribution < -0.4 is 10.5 Å². The summed E-state index contributed by atoms with van der Waals surface area (Å²) < 4.78 is 6.45. The lowest BCUT2D eigenvalue weighted by molar-refractivity contribution is 0.480. The van der Waals surface area contributed by atoms with E-state index in [4.69, 9.17) is 34.3 Å². The van der Waals surface area contributed by atoms with E-state index in [2.05, 4.69) is 20.9 Å². The van der Waals surface area contributed by atoms with Gasteiger partial charge in [0.2, 0.25) is 0 Å². The largest absolute Gasteiger partial charge is 0.456 e. The summed E-state index contributed by atoms with van der Waals surface area (Å²) in [7, 11) is 0. The number of benzene rings is 1. The second kappa shape index (κ2) is 5.65. The Morgan fingerprint density at radius 3 is 2.67 bits per heavy atom. The Balaban J connectivity index is 2.25. The molecule has 1 aromatic carbocycles. The number of hydrogen-bond donors (Lipinski definition) is 1. The number of halogens is 2. The van der Waals surface area contributed by atoms with Gasteiger partial charge >= 0.3 is 0 Å². The van der Waals surface area contributed by atoms with Gasteiger partial charge in [-0.2, -0.15) is 0 Å². The summed E-state index contributed by atoms with van der Waals surface area (Å²) in [6.07, 6.45) is 3.29. The minimum absolute atomic E-state index is 0.260. The summed E-state index contributed by atoms with van der Waals surface area (Å²) in [6, 6.07) is 6.95. The fourth-order valence-electron chi connectivity index (χ4n) is 1.34. The number of pyridine rings is 1. The fourth-order valence-corrected chi connectivity index (χ4v) is 2.19. The van der Waals surface area contributed by atoms with Crippen LogP contribution in [0.15, 0.2) is 41.1 Å². The van der Waals surface area contributed by atoms with Crippen LogP contribution in [0.2, 0.25) is 5.02 Å². The van der Waals surface area contributed by atoms with Gasteiger partial charge in [0.05, 0.1) is 11.2 Å². The summed E-state index contributed by atoms with van der Waals surface area (Å²) in [5.41, 5.74) is 6.16. The molecule has 92 valence electrons. The molecule has 0 aliphatic carbocycles. The van der Waals surface area contributed by atoms with Gasteiger partial charge in [0.1, 0.15) is 16.5 Å². The lowest BCUT2D eigenvalue weighted by Gasteiger charge is -2.08. The number of rotatable bonds is 3. The smallest absolute Gasteiger partial charge is 0.146 e. The number of nitrogens with zero attached hydrogens (tertiary/aromatic N) is 1. The maximum absolute atomic E-state index is 6.05. The van der Waals surface area contributed by atoms with E-state index in [1.807, 2.05) is 6.07 Å². The number of thiocarbonyl (C=S) groups is 1. The molecule has 0 aliphatic rings. The average Bonchev–Trinajstić information content (AvgIpc) is 2.28. The molecule has 0 bridgehead atoms. The Morgan fingerprint density at radius 2 is 2.06 bits per heavy atom. The van der Waals surface area contributed by atoms with E-state index in [9.17, 15) is 0 Å². The van der Waals surface area contributed by atoms with Crippen LogP contribution in [0.4, 0.5) is 0 Å². The van der Waals surface area contributed by atoms with Gasteiger partial charge in [-0.15, -0.1) is 0 Å². The van der Waals surface area contributed by atoms with Gasteiger partial charge in [0, 0.05) is 22.3 Å². The zero-order valence-corrected chi connectivity index (χ0v) is 12.2. The first-order valence-corrected chi connectivity index (χ1v) is 6.52. The van der Waals surface area contributed by atoms with E-state index < -0.39 is 0 Å². The summed E-state index contributed by atoms with van der Waals surface area (Å²) >= 11 is 14.2. The van der Waals surface area contributed by atoms with Gasteiger partial charge in [0.15, 0.2) is 0 Å². The van der Waals surface area contributed by atoms with Crippen LogP contribution in [0, 0.1) is 0 Å². The van der Waals surface area contributed by atoms with Gasteiger partial charge in [-0.05, 0) is 34.1 Å². The molecule has 18 heavy (non-hydrogen) atoms. The molecule has 0 unspecified atom stereocenters. The molecule has 0 saturated carbocycles. The Hall–Kier alpha value is -1.17. The van der Waals surface area contributed by atoms with Crippen molar-refractivity contribution >= 4 is 44.7 Å². The minimum atomic E-state index is 0.260. The van der Waals surface area contributed by atoms with Gasteiger partial charge in [-0.1, -0.05) is 23.8 Å². The van der Waals surface area contributed by atoms with Crippen LogP contribution in [0.5, 0.6) is 11.5 Å². The van der Waals surface area contributed by atoms with Crippen molar-refractivity contribution in [2.75, 3.05) is 0 Å². The van der Waals surface area contributed by atoms with Crippen LogP contribution in [-0.4, -0.2) is 9.97 Å². The molecular weight excluding hydrogens is 336 g/mol. The molecule has 0 saturated heterocycles. The van der Waals surface area contributed by atoms with Crippen LogP contribution >= 0.6 is 39.7 Å². The first-order chi connectivity index (χ1) is 8.56. The fraction of sp³-hybridized carbons (Fsp3) is 0. The average molecular weight is 344 g/mol. The lowest BCUT2D eigenvalue weighted by Crippen LogP contribution is -2.09. The molecule has 2 rings (SSSR count). The third-order valence-corrected chi connectivity index (χ3v) is 3.09. The Bertz CT molecular complexity index is 606. The molecular formula is C12H8BrClN2OS. The normalized spacial score (nSPS) is 10.1. The van der Waals surface area contributed by atoms with Gasteiger partial charge in [-0.3, -0.25) is 4.98 Å². The van der Waals surface area contributed by atoms with Crippen molar-refractivity contribution in [3.63, 3.8) is 0 Å². The standard InChI is InChI=1S/C12H8BrClN2OS/c13-7-3-9(6-16-5-7)17-8-1-2-10(12(15)18)11(14)4-8/h1-6H,(H2,15,18). The Labute approximate surface area is 123 Å². The van der Waals surface area contributed by atoms with Crippen molar-refractivity contribution in [3.8, 4) is 11.5 Å². The maximum atomic E-state index is 6.05. The summed E-state index contributed by atoms with van der Waals surface area (Å²) in [5, 5.41) is 0.461. The van der Waals surface area contributed by atoms with Crippen molar-refractivity contribution in [3.05, 3.63) is 51.7 Å². The second-order valence-electron chi connectivity index (χ2n) is 3.45. The molecule has 0 radical (unpaired) electrons. The predicted octanol–water partition coefficient (Wildman–Crippen LogP) is 3.92. The highest BCUT2D eigenvalue weighted by Gasteiger charge is 2.06. The first kappa shape index (κ1) is 13.3.